The first-order valence-corrected chi connectivity index (χ1v) is 10.1. The van der Waals surface area contributed by atoms with E-state index in [4.69, 9.17) is 4.42 Å². The molecule has 1 unspecified atom stereocenters. The van der Waals surface area contributed by atoms with Crippen molar-refractivity contribution in [1.82, 2.24) is 10.0 Å². The van der Waals surface area contributed by atoms with Gasteiger partial charge in [-0.25, -0.2) is 13.1 Å². The van der Waals surface area contributed by atoms with E-state index in [1.165, 1.54) is 12.8 Å². The van der Waals surface area contributed by atoms with Crippen LogP contribution in [0.5, 0.6) is 0 Å². The Balaban J connectivity index is 2.23. The van der Waals surface area contributed by atoms with Gasteiger partial charge in [-0.2, -0.15) is 11.8 Å². The topological polar surface area (TPSA) is 71.3 Å². The molecule has 7 heteroatoms. The molecule has 0 spiro atoms. The number of thioether (sulfide) groups is 1. The normalized spacial score (nSPS) is 17.1. The lowest BCUT2D eigenvalue weighted by Crippen LogP contribution is -2.35. The highest BCUT2D eigenvalue weighted by Gasteiger charge is 2.29. The molecule has 0 radical (unpaired) electrons. The lowest BCUT2D eigenvalue weighted by atomic mass is 10.2. The summed E-state index contributed by atoms with van der Waals surface area (Å²) in [5.74, 6) is 1.88. The van der Waals surface area contributed by atoms with E-state index < -0.39 is 10.0 Å². The van der Waals surface area contributed by atoms with Crippen molar-refractivity contribution in [3.05, 3.63) is 17.1 Å². The van der Waals surface area contributed by atoms with Gasteiger partial charge in [-0.3, -0.25) is 0 Å². The van der Waals surface area contributed by atoms with Gasteiger partial charge >= 0.3 is 0 Å². The van der Waals surface area contributed by atoms with Crippen LogP contribution in [-0.2, 0) is 16.6 Å². The molecule has 1 aliphatic carbocycles. The van der Waals surface area contributed by atoms with Gasteiger partial charge in [-0.05, 0) is 39.9 Å². The van der Waals surface area contributed by atoms with Crippen molar-refractivity contribution in [2.45, 2.75) is 57.1 Å². The van der Waals surface area contributed by atoms with Gasteiger partial charge in [0.2, 0.25) is 10.0 Å². The van der Waals surface area contributed by atoms with Crippen LogP contribution in [0.25, 0.3) is 0 Å². The van der Waals surface area contributed by atoms with Crippen LogP contribution in [0.4, 0.5) is 0 Å². The summed E-state index contributed by atoms with van der Waals surface area (Å²) in [6, 6.07) is 0.419. The zero-order valence-electron chi connectivity index (χ0n) is 13.0. The monoisotopic (exact) mass is 332 g/mol. The summed E-state index contributed by atoms with van der Waals surface area (Å²) < 4.78 is 33.5. The molecule has 21 heavy (non-hydrogen) atoms. The second kappa shape index (κ2) is 6.73. The summed E-state index contributed by atoms with van der Waals surface area (Å²) in [6.07, 6.45) is 4.30. The molecular weight excluding hydrogens is 308 g/mol. The van der Waals surface area contributed by atoms with Crippen LogP contribution in [0, 0.1) is 13.8 Å². The zero-order valence-corrected chi connectivity index (χ0v) is 14.7. The Morgan fingerprint density at radius 1 is 1.33 bits per heavy atom. The van der Waals surface area contributed by atoms with Crippen LogP contribution in [-0.4, -0.2) is 32.5 Å². The predicted octanol–water partition coefficient (Wildman–Crippen LogP) is 2.18. The van der Waals surface area contributed by atoms with Gasteiger partial charge in [0.1, 0.15) is 16.4 Å². The molecule has 1 aliphatic rings. The molecule has 1 saturated carbocycles. The standard InChI is InChI=1S/C14H24N2O3S2/c1-9(8-20-4)16-21(17,18)14-11(3)19-10(2)13(14)7-15-12-5-6-12/h9,12,15-16H,5-8H2,1-4H3. The van der Waals surface area contributed by atoms with Crippen LogP contribution in [0.2, 0.25) is 0 Å². The Kier molecular flexibility index (Phi) is 5.40. The molecule has 2 N–H and O–H groups in total. The van der Waals surface area contributed by atoms with Gasteiger partial charge in [-0.15, -0.1) is 0 Å². The third-order valence-corrected chi connectivity index (χ3v) is 6.13. The van der Waals surface area contributed by atoms with Crippen molar-refractivity contribution in [3.8, 4) is 0 Å². The highest BCUT2D eigenvalue weighted by atomic mass is 32.2. The van der Waals surface area contributed by atoms with Crippen molar-refractivity contribution >= 4 is 21.8 Å². The van der Waals surface area contributed by atoms with Crippen LogP contribution >= 0.6 is 11.8 Å². The molecule has 1 heterocycles. The Morgan fingerprint density at radius 3 is 2.57 bits per heavy atom. The molecule has 1 aromatic rings. The van der Waals surface area contributed by atoms with Crippen molar-refractivity contribution < 1.29 is 12.8 Å². The Morgan fingerprint density at radius 2 is 2.00 bits per heavy atom. The fraction of sp³-hybridized carbons (Fsp3) is 0.714. The maximum absolute atomic E-state index is 12.6. The molecule has 0 aromatic carbocycles. The molecule has 120 valence electrons. The Labute approximate surface area is 131 Å². The van der Waals surface area contributed by atoms with Gasteiger partial charge in [0.05, 0.1) is 0 Å². The minimum Gasteiger partial charge on any atom is -0.465 e. The second-order valence-corrected chi connectivity index (χ2v) is 8.22. The summed E-state index contributed by atoms with van der Waals surface area (Å²) in [5, 5.41) is 3.36. The fourth-order valence-corrected chi connectivity index (χ4v) is 4.79. The van der Waals surface area contributed by atoms with E-state index in [1.807, 2.05) is 20.1 Å². The first-order chi connectivity index (χ1) is 9.85. The molecular formula is C14H24N2O3S2. The van der Waals surface area contributed by atoms with E-state index >= 15 is 0 Å². The van der Waals surface area contributed by atoms with Crippen molar-refractivity contribution in [3.63, 3.8) is 0 Å². The maximum Gasteiger partial charge on any atom is 0.244 e. The van der Waals surface area contributed by atoms with Gasteiger partial charge in [0, 0.05) is 29.9 Å². The third-order valence-electron chi connectivity index (χ3n) is 3.51. The number of hydrogen-bond donors (Lipinski definition) is 2. The molecule has 0 saturated heterocycles. The molecule has 2 rings (SSSR count). The van der Waals surface area contributed by atoms with Crippen molar-refractivity contribution in [1.29, 1.82) is 0 Å². The maximum atomic E-state index is 12.6. The van der Waals surface area contributed by atoms with E-state index in [0.717, 1.165) is 11.3 Å². The summed E-state index contributed by atoms with van der Waals surface area (Å²) in [5.41, 5.74) is 0.753. The lowest BCUT2D eigenvalue weighted by molar-refractivity contribution is 0.492. The number of aryl methyl sites for hydroxylation is 2. The van der Waals surface area contributed by atoms with Crippen LogP contribution in [0.1, 0.15) is 36.8 Å². The van der Waals surface area contributed by atoms with Crippen LogP contribution in [0.3, 0.4) is 0 Å². The Hall–Kier alpha value is -0.500. The molecule has 0 bridgehead atoms. The van der Waals surface area contributed by atoms with Gasteiger partial charge in [-0.1, -0.05) is 0 Å². The number of furan rings is 1. The van der Waals surface area contributed by atoms with Crippen LogP contribution < -0.4 is 10.0 Å². The minimum absolute atomic E-state index is 0.108. The van der Waals surface area contributed by atoms with Gasteiger partial charge < -0.3 is 9.73 Å². The number of hydrogen-bond acceptors (Lipinski definition) is 5. The fourth-order valence-electron chi connectivity index (χ4n) is 2.41. The van der Waals surface area contributed by atoms with E-state index in [-0.39, 0.29) is 6.04 Å². The third kappa shape index (κ3) is 4.25. The largest absolute Gasteiger partial charge is 0.465 e. The Bertz CT molecular complexity index is 592. The summed E-state index contributed by atoms with van der Waals surface area (Å²) >= 11 is 1.62. The highest BCUT2D eigenvalue weighted by molar-refractivity contribution is 7.98. The van der Waals surface area contributed by atoms with Gasteiger partial charge in [0.15, 0.2) is 0 Å². The van der Waals surface area contributed by atoms with Crippen molar-refractivity contribution in [2.75, 3.05) is 12.0 Å². The number of sulfonamides is 1. The summed E-state index contributed by atoms with van der Waals surface area (Å²) in [4.78, 5) is 0.307. The highest BCUT2D eigenvalue weighted by Crippen LogP contribution is 2.28. The molecule has 5 nitrogen and oxygen atoms in total. The average Bonchev–Trinajstić information content (AvgIpc) is 3.12. The summed E-state index contributed by atoms with van der Waals surface area (Å²) in [6.45, 7) is 5.95. The van der Waals surface area contributed by atoms with E-state index in [9.17, 15) is 8.42 Å². The predicted molar refractivity (Wildman–Crippen MR) is 86.2 cm³/mol. The minimum atomic E-state index is -3.55. The number of nitrogens with one attached hydrogen (secondary N) is 2. The van der Waals surface area contributed by atoms with E-state index in [2.05, 4.69) is 10.0 Å². The quantitative estimate of drug-likeness (QED) is 0.763. The number of rotatable bonds is 8. The van der Waals surface area contributed by atoms with Crippen LogP contribution in [0.15, 0.2) is 9.31 Å². The summed E-state index contributed by atoms with van der Waals surface area (Å²) in [7, 11) is -3.55. The molecule has 1 aromatic heterocycles. The molecule has 1 atom stereocenters. The molecule has 0 aliphatic heterocycles. The smallest absolute Gasteiger partial charge is 0.244 e. The zero-order chi connectivity index (χ0) is 15.6. The first-order valence-electron chi connectivity index (χ1n) is 7.18. The van der Waals surface area contributed by atoms with E-state index in [0.29, 0.717) is 29.0 Å². The first kappa shape index (κ1) is 16.9. The van der Waals surface area contributed by atoms with Gasteiger partial charge in [0.25, 0.3) is 0 Å². The average molecular weight is 332 g/mol. The lowest BCUT2D eigenvalue weighted by Gasteiger charge is -2.14. The SMILES string of the molecule is CSCC(C)NS(=O)(=O)c1c(C)oc(C)c1CNC1CC1. The molecule has 0 amide bonds. The second-order valence-electron chi connectivity index (χ2n) is 5.65. The van der Waals surface area contributed by atoms with E-state index in [1.54, 1.807) is 18.7 Å². The molecule has 1 fully saturated rings. The van der Waals surface area contributed by atoms with Crippen molar-refractivity contribution in [2.24, 2.45) is 0 Å².